The highest BCUT2D eigenvalue weighted by molar-refractivity contribution is 7.99. The number of thioether (sulfide) groups is 1. The van der Waals surface area contributed by atoms with Crippen LogP contribution in [-0.4, -0.2) is 21.9 Å². The van der Waals surface area contributed by atoms with Gasteiger partial charge in [-0.25, -0.2) is 0 Å². The lowest BCUT2D eigenvalue weighted by atomic mass is 10.0. The Morgan fingerprint density at radius 1 is 1.47 bits per heavy atom. The molecular weight excluding hydrogens is 234 g/mol. The highest BCUT2D eigenvalue weighted by Gasteiger charge is 2.22. The summed E-state index contributed by atoms with van der Waals surface area (Å²) < 4.78 is 5.28. The zero-order valence-corrected chi connectivity index (χ0v) is 11.4. The molecule has 2 rings (SSSR count). The number of rotatable bonds is 4. The summed E-state index contributed by atoms with van der Waals surface area (Å²) in [6, 6.07) is 0.0994. The van der Waals surface area contributed by atoms with Gasteiger partial charge in [-0.2, -0.15) is 16.7 Å². The zero-order valence-electron chi connectivity index (χ0n) is 10.6. The van der Waals surface area contributed by atoms with E-state index in [1.54, 1.807) is 0 Å². The van der Waals surface area contributed by atoms with Crippen LogP contribution in [0, 0.1) is 5.92 Å². The van der Waals surface area contributed by atoms with E-state index < -0.39 is 0 Å². The van der Waals surface area contributed by atoms with Crippen molar-refractivity contribution in [3.8, 4) is 0 Å². The number of nitrogens with zero attached hydrogens (tertiary/aromatic N) is 2. The van der Waals surface area contributed by atoms with E-state index in [0.717, 1.165) is 5.82 Å². The third kappa shape index (κ3) is 3.45. The van der Waals surface area contributed by atoms with Crippen molar-refractivity contribution in [3.05, 3.63) is 11.7 Å². The van der Waals surface area contributed by atoms with Crippen molar-refractivity contribution >= 4 is 11.8 Å². The Morgan fingerprint density at radius 2 is 2.29 bits per heavy atom. The van der Waals surface area contributed by atoms with E-state index in [0.29, 0.717) is 23.5 Å². The summed E-state index contributed by atoms with van der Waals surface area (Å²) in [5.41, 5.74) is 6.00. The first kappa shape index (κ1) is 12.9. The molecule has 0 radical (unpaired) electrons. The molecule has 1 aliphatic heterocycles. The van der Waals surface area contributed by atoms with Gasteiger partial charge in [0, 0.05) is 12.5 Å². The summed E-state index contributed by atoms with van der Waals surface area (Å²) in [4.78, 5) is 4.48. The normalized spacial score (nSPS) is 22.9. The van der Waals surface area contributed by atoms with Crippen LogP contribution in [0.15, 0.2) is 4.52 Å². The first-order valence-corrected chi connectivity index (χ1v) is 7.41. The first-order chi connectivity index (χ1) is 8.16. The number of hydrogen-bond acceptors (Lipinski definition) is 5. The van der Waals surface area contributed by atoms with Crippen molar-refractivity contribution in [2.45, 2.75) is 50.8 Å². The van der Waals surface area contributed by atoms with Crippen LogP contribution in [0.1, 0.15) is 50.1 Å². The molecule has 0 spiro atoms. The molecule has 1 aliphatic rings. The lowest BCUT2D eigenvalue weighted by Gasteiger charge is -2.17. The Bertz CT molecular complexity index is 347. The van der Waals surface area contributed by atoms with Crippen molar-refractivity contribution in [2.24, 2.45) is 11.7 Å². The molecule has 0 bridgehead atoms. The summed E-state index contributed by atoms with van der Waals surface area (Å²) in [5, 5.41) is 4.52. The molecule has 1 aromatic heterocycles. The smallest absolute Gasteiger partial charge is 0.228 e. The molecule has 96 valence electrons. The second-order valence-electron chi connectivity index (χ2n) is 5.01. The number of nitrogens with two attached hydrogens (primary N) is 1. The fraction of sp³-hybridized carbons (Fsp3) is 0.833. The van der Waals surface area contributed by atoms with Crippen molar-refractivity contribution in [2.75, 3.05) is 5.75 Å². The predicted molar refractivity (Wildman–Crippen MR) is 69.9 cm³/mol. The van der Waals surface area contributed by atoms with Gasteiger partial charge in [0.25, 0.3) is 0 Å². The Hall–Kier alpha value is -0.550. The fourth-order valence-electron chi connectivity index (χ4n) is 1.86. The Labute approximate surface area is 107 Å². The van der Waals surface area contributed by atoms with E-state index in [4.69, 9.17) is 10.3 Å². The third-order valence-electron chi connectivity index (χ3n) is 3.22. The molecule has 2 heterocycles. The van der Waals surface area contributed by atoms with Crippen LogP contribution in [0.3, 0.4) is 0 Å². The second kappa shape index (κ2) is 5.87. The molecule has 17 heavy (non-hydrogen) atoms. The molecule has 5 heteroatoms. The summed E-state index contributed by atoms with van der Waals surface area (Å²) in [7, 11) is 0. The predicted octanol–water partition coefficient (Wildman–Crippen LogP) is 2.55. The average molecular weight is 255 g/mol. The monoisotopic (exact) mass is 255 g/mol. The molecule has 2 N–H and O–H groups in total. The largest absolute Gasteiger partial charge is 0.339 e. The van der Waals surface area contributed by atoms with E-state index in [1.165, 1.54) is 25.0 Å². The van der Waals surface area contributed by atoms with E-state index in [1.807, 2.05) is 11.8 Å². The first-order valence-electron chi connectivity index (χ1n) is 6.36. The van der Waals surface area contributed by atoms with Gasteiger partial charge in [-0.05, 0) is 24.5 Å². The average Bonchev–Trinajstić information content (AvgIpc) is 2.78. The summed E-state index contributed by atoms with van der Waals surface area (Å²) in [6.07, 6.45) is 4.43. The van der Waals surface area contributed by atoms with E-state index >= 15 is 0 Å². The van der Waals surface area contributed by atoms with Crippen molar-refractivity contribution in [3.63, 3.8) is 0 Å². The maximum Gasteiger partial charge on any atom is 0.228 e. The Balaban J connectivity index is 1.95. The highest BCUT2D eigenvalue weighted by Crippen LogP contribution is 2.36. The number of hydrogen-bond donors (Lipinski definition) is 1. The lowest BCUT2D eigenvalue weighted by molar-refractivity contribution is 0.349. The van der Waals surface area contributed by atoms with Crippen LogP contribution >= 0.6 is 11.8 Å². The van der Waals surface area contributed by atoms with Gasteiger partial charge in [-0.1, -0.05) is 25.4 Å². The van der Waals surface area contributed by atoms with E-state index in [-0.39, 0.29) is 6.04 Å². The summed E-state index contributed by atoms with van der Waals surface area (Å²) >= 11 is 1.94. The Kier molecular flexibility index (Phi) is 4.45. The number of aromatic nitrogens is 2. The van der Waals surface area contributed by atoms with Crippen LogP contribution in [0.5, 0.6) is 0 Å². The van der Waals surface area contributed by atoms with Gasteiger partial charge in [-0.3, -0.25) is 0 Å². The van der Waals surface area contributed by atoms with E-state index in [9.17, 15) is 0 Å². The molecule has 1 saturated heterocycles. The minimum atomic E-state index is 0.0994. The molecule has 2 unspecified atom stereocenters. The van der Waals surface area contributed by atoms with Crippen LogP contribution in [0.2, 0.25) is 0 Å². The minimum absolute atomic E-state index is 0.0994. The van der Waals surface area contributed by atoms with E-state index in [2.05, 4.69) is 24.0 Å². The van der Waals surface area contributed by atoms with Crippen LogP contribution in [0.4, 0.5) is 0 Å². The van der Waals surface area contributed by atoms with Gasteiger partial charge in [0.1, 0.15) is 0 Å². The van der Waals surface area contributed by atoms with Crippen LogP contribution in [-0.2, 0) is 6.42 Å². The molecule has 0 amide bonds. The summed E-state index contributed by atoms with van der Waals surface area (Å²) in [5.74, 6) is 3.20. The molecule has 0 saturated carbocycles. The zero-order chi connectivity index (χ0) is 12.3. The highest BCUT2D eigenvalue weighted by atomic mass is 32.2. The van der Waals surface area contributed by atoms with Crippen LogP contribution in [0.25, 0.3) is 0 Å². The molecule has 1 fully saturated rings. The van der Waals surface area contributed by atoms with Gasteiger partial charge < -0.3 is 10.3 Å². The topological polar surface area (TPSA) is 64.9 Å². The van der Waals surface area contributed by atoms with Gasteiger partial charge >= 0.3 is 0 Å². The molecule has 4 nitrogen and oxygen atoms in total. The van der Waals surface area contributed by atoms with Crippen LogP contribution < -0.4 is 5.73 Å². The Morgan fingerprint density at radius 3 is 2.94 bits per heavy atom. The molecular formula is C12H21N3OS. The van der Waals surface area contributed by atoms with Gasteiger partial charge in [0.15, 0.2) is 5.82 Å². The summed E-state index contributed by atoms with van der Waals surface area (Å²) in [6.45, 7) is 4.22. The molecule has 2 atom stereocenters. The quantitative estimate of drug-likeness (QED) is 0.895. The van der Waals surface area contributed by atoms with Gasteiger partial charge in [0.2, 0.25) is 5.89 Å². The molecule has 0 aliphatic carbocycles. The van der Waals surface area contributed by atoms with Crippen molar-refractivity contribution in [1.29, 1.82) is 0 Å². The molecule has 0 aromatic carbocycles. The standard InChI is InChI=1S/C12H21N3OS/c1-8(2)9(13)7-11-14-12(15-16-11)10-5-3-4-6-17-10/h8-10H,3-7,13H2,1-2H3. The fourth-order valence-corrected chi connectivity index (χ4v) is 3.10. The van der Waals surface area contributed by atoms with Gasteiger partial charge in [-0.15, -0.1) is 0 Å². The maximum atomic E-state index is 6.00. The third-order valence-corrected chi connectivity index (χ3v) is 4.59. The maximum absolute atomic E-state index is 6.00. The van der Waals surface area contributed by atoms with Crippen molar-refractivity contribution < 1.29 is 4.52 Å². The lowest BCUT2D eigenvalue weighted by Crippen LogP contribution is -2.28. The van der Waals surface area contributed by atoms with Crippen molar-refractivity contribution in [1.82, 2.24) is 10.1 Å². The SMILES string of the molecule is CC(C)C(N)Cc1nc(C2CCCCS2)no1. The minimum Gasteiger partial charge on any atom is -0.339 e. The second-order valence-corrected chi connectivity index (χ2v) is 6.32. The molecule has 1 aromatic rings. The van der Waals surface area contributed by atoms with Gasteiger partial charge in [0.05, 0.1) is 5.25 Å².